The zero-order valence-electron chi connectivity index (χ0n) is 15.8. The first kappa shape index (κ1) is 19.2. The summed E-state index contributed by atoms with van der Waals surface area (Å²) in [5.41, 5.74) is 2.88. The van der Waals surface area contributed by atoms with Crippen molar-refractivity contribution in [3.8, 4) is 5.75 Å². The maximum absolute atomic E-state index is 12.2. The van der Waals surface area contributed by atoms with Crippen molar-refractivity contribution in [1.82, 2.24) is 5.32 Å². The van der Waals surface area contributed by atoms with Gasteiger partial charge in [-0.3, -0.25) is 9.59 Å². The van der Waals surface area contributed by atoms with Gasteiger partial charge in [-0.05, 0) is 55.8 Å². The van der Waals surface area contributed by atoms with Crippen LogP contribution in [0.2, 0.25) is 0 Å². The Hall–Kier alpha value is -3.54. The first-order valence-corrected chi connectivity index (χ1v) is 8.92. The molecule has 0 radical (unpaired) electrons. The fraction of sp³-hybridized carbons (Fsp3) is 0.182. The Balaban J connectivity index is 1.47. The zero-order chi connectivity index (χ0) is 19.9. The Morgan fingerprint density at radius 3 is 2.50 bits per heavy atom. The van der Waals surface area contributed by atoms with Crippen molar-refractivity contribution in [2.24, 2.45) is 0 Å². The third-order valence-corrected chi connectivity index (χ3v) is 4.00. The van der Waals surface area contributed by atoms with Gasteiger partial charge in [0.25, 0.3) is 5.91 Å². The SMILES string of the molecule is Cc1ccc(OCc2ccc(C(=O)NCC(=O)Nc3cccc(C)c3)o2)cc1. The van der Waals surface area contributed by atoms with Crippen LogP contribution in [0.1, 0.15) is 27.4 Å². The lowest BCUT2D eigenvalue weighted by Crippen LogP contribution is -2.32. The highest BCUT2D eigenvalue weighted by atomic mass is 16.5. The Labute approximate surface area is 163 Å². The number of furan rings is 1. The van der Waals surface area contributed by atoms with E-state index in [-0.39, 0.29) is 24.8 Å². The molecular formula is C22H22N2O4. The van der Waals surface area contributed by atoms with Gasteiger partial charge in [-0.15, -0.1) is 0 Å². The quantitative estimate of drug-likeness (QED) is 0.654. The molecule has 3 aromatic rings. The van der Waals surface area contributed by atoms with Gasteiger partial charge in [-0.25, -0.2) is 0 Å². The molecule has 0 aliphatic heterocycles. The summed E-state index contributed by atoms with van der Waals surface area (Å²) >= 11 is 0. The predicted octanol–water partition coefficient (Wildman–Crippen LogP) is 3.84. The summed E-state index contributed by atoms with van der Waals surface area (Å²) in [5.74, 6) is 0.607. The molecule has 0 saturated carbocycles. The number of carbonyl (C=O) groups is 2. The predicted molar refractivity (Wildman–Crippen MR) is 106 cm³/mol. The number of hydrogen-bond donors (Lipinski definition) is 2. The number of aryl methyl sites for hydroxylation is 2. The second-order valence-corrected chi connectivity index (χ2v) is 6.47. The Morgan fingerprint density at radius 2 is 1.75 bits per heavy atom. The number of nitrogens with one attached hydrogen (secondary N) is 2. The van der Waals surface area contributed by atoms with Crippen LogP contribution in [-0.4, -0.2) is 18.4 Å². The van der Waals surface area contributed by atoms with Crippen LogP contribution in [0.15, 0.2) is 65.1 Å². The van der Waals surface area contributed by atoms with Gasteiger partial charge < -0.3 is 19.8 Å². The minimum absolute atomic E-state index is 0.130. The molecule has 3 rings (SSSR count). The van der Waals surface area contributed by atoms with Crippen molar-refractivity contribution in [3.63, 3.8) is 0 Å². The first-order valence-electron chi connectivity index (χ1n) is 8.92. The Bertz CT molecular complexity index is 961. The fourth-order valence-electron chi connectivity index (χ4n) is 2.54. The van der Waals surface area contributed by atoms with E-state index < -0.39 is 5.91 Å². The summed E-state index contributed by atoms with van der Waals surface area (Å²) in [6.45, 7) is 4.00. The minimum Gasteiger partial charge on any atom is -0.486 e. The third-order valence-electron chi connectivity index (χ3n) is 4.00. The molecule has 0 bridgehead atoms. The van der Waals surface area contributed by atoms with Gasteiger partial charge in [0, 0.05) is 5.69 Å². The van der Waals surface area contributed by atoms with Crippen molar-refractivity contribution in [3.05, 3.63) is 83.3 Å². The molecule has 2 aromatic carbocycles. The van der Waals surface area contributed by atoms with Crippen molar-refractivity contribution >= 4 is 17.5 Å². The smallest absolute Gasteiger partial charge is 0.287 e. The van der Waals surface area contributed by atoms with E-state index in [9.17, 15) is 9.59 Å². The lowest BCUT2D eigenvalue weighted by atomic mass is 10.2. The average molecular weight is 378 g/mol. The van der Waals surface area contributed by atoms with Gasteiger partial charge in [-0.2, -0.15) is 0 Å². The van der Waals surface area contributed by atoms with Gasteiger partial charge >= 0.3 is 0 Å². The second kappa shape index (κ2) is 8.90. The number of carbonyl (C=O) groups excluding carboxylic acids is 2. The number of benzene rings is 2. The van der Waals surface area contributed by atoms with Crippen LogP contribution in [0.4, 0.5) is 5.69 Å². The minimum atomic E-state index is -0.457. The van der Waals surface area contributed by atoms with Crippen molar-refractivity contribution in [2.75, 3.05) is 11.9 Å². The van der Waals surface area contributed by atoms with Gasteiger partial charge in [-0.1, -0.05) is 29.8 Å². The average Bonchev–Trinajstić information content (AvgIpc) is 3.15. The summed E-state index contributed by atoms with van der Waals surface area (Å²) in [5, 5.41) is 5.27. The van der Waals surface area contributed by atoms with Gasteiger partial charge in [0.05, 0.1) is 6.54 Å². The second-order valence-electron chi connectivity index (χ2n) is 6.47. The molecule has 2 amide bonds. The number of amides is 2. The van der Waals surface area contributed by atoms with E-state index in [2.05, 4.69) is 10.6 Å². The lowest BCUT2D eigenvalue weighted by Gasteiger charge is -2.07. The number of rotatable bonds is 7. The molecule has 0 aliphatic rings. The Morgan fingerprint density at radius 1 is 0.964 bits per heavy atom. The maximum Gasteiger partial charge on any atom is 0.287 e. The first-order chi connectivity index (χ1) is 13.5. The topological polar surface area (TPSA) is 80.6 Å². The van der Waals surface area contributed by atoms with Crippen LogP contribution in [0.25, 0.3) is 0 Å². The molecule has 2 N–H and O–H groups in total. The van der Waals surface area contributed by atoms with E-state index in [1.54, 1.807) is 18.2 Å². The molecule has 6 heteroatoms. The highest BCUT2D eigenvalue weighted by Gasteiger charge is 2.13. The summed E-state index contributed by atoms with van der Waals surface area (Å²) < 4.78 is 11.1. The summed E-state index contributed by atoms with van der Waals surface area (Å²) in [6.07, 6.45) is 0. The Kier molecular flexibility index (Phi) is 6.11. The van der Waals surface area contributed by atoms with E-state index in [4.69, 9.17) is 9.15 Å². The monoisotopic (exact) mass is 378 g/mol. The molecule has 0 aliphatic carbocycles. The van der Waals surface area contributed by atoms with E-state index in [0.29, 0.717) is 11.4 Å². The van der Waals surface area contributed by atoms with Gasteiger partial charge in [0.2, 0.25) is 5.91 Å². The fourth-order valence-corrected chi connectivity index (χ4v) is 2.54. The summed E-state index contributed by atoms with van der Waals surface area (Å²) in [7, 11) is 0. The molecule has 1 heterocycles. The largest absolute Gasteiger partial charge is 0.486 e. The van der Waals surface area contributed by atoms with Crippen LogP contribution in [0.5, 0.6) is 5.75 Å². The van der Waals surface area contributed by atoms with Crippen molar-refractivity contribution in [1.29, 1.82) is 0 Å². The number of hydrogen-bond acceptors (Lipinski definition) is 4. The molecule has 0 unspecified atom stereocenters. The van der Waals surface area contributed by atoms with Crippen LogP contribution in [0.3, 0.4) is 0 Å². The van der Waals surface area contributed by atoms with E-state index in [1.807, 2.05) is 56.3 Å². The summed E-state index contributed by atoms with van der Waals surface area (Å²) in [6, 6.07) is 18.3. The third kappa shape index (κ3) is 5.48. The standard InChI is InChI=1S/C22H22N2O4/c1-15-6-8-18(9-7-15)27-14-19-10-11-20(28-19)22(26)23-13-21(25)24-17-5-3-4-16(2)12-17/h3-12H,13-14H2,1-2H3,(H,23,26)(H,24,25). The molecule has 0 saturated heterocycles. The van der Waals surface area contributed by atoms with Crippen molar-refractivity contribution in [2.45, 2.75) is 20.5 Å². The van der Waals surface area contributed by atoms with Gasteiger partial charge in [0.1, 0.15) is 18.1 Å². The molecule has 0 spiro atoms. The number of ether oxygens (including phenoxy) is 1. The lowest BCUT2D eigenvalue weighted by molar-refractivity contribution is -0.115. The van der Waals surface area contributed by atoms with Crippen LogP contribution < -0.4 is 15.4 Å². The van der Waals surface area contributed by atoms with Crippen LogP contribution in [0, 0.1) is 13.8 Å². The molecule has 0 fully saturated rings. The van der Waals surface area contributed by atoms with E-state index in [0.717, 1.165) is 16.9 Å². The normalized spacial score (nSPS) is 10.4. The van der Waals surface area contributed by atoms with Crippen LogP contribution >= 0.6 is 0 Å². The highest BCUT2D eigenvalue weighted by molar-refractivity contribution is 5.98. The number of anilines is 1. The molecule has 6 nitrogen and oxygen atoms in total. The molecular weight excluding hydrogens is 356 g/mol. The summed E-state index contributed by atoms with van der Waals surface area (Å²) in [4.78, 5) is 24.1. The zero-order valence-corrected chi connectivity index (χ0v) is 15.8. The molecule has 144 valence electrons. The maximum atomic E-state index is 12.2. The van der Waals surface area contributed by atoms with Crippen molar-refractivity contribution < 1.29 is 18.7 Å². The molecule has 28 heavy (non-hydrogen) atoms. The molecule has 0 atom stereocenters. The highest BCUT2D eigenvalue weighted by Crippen LogP contribution is 2.15. The molecule has 1 aromatic heterocycles. The van der Waals surface area contributed by atoms with Crippen LogP contribution in [-0.2, 0) is 11.4 Å². The van der Waals surface area contributed by atoms with E-state index in [1.165, 1.54) is 0 Å². The van der Waals surface area contributed by atoms with E-state index >= 15 is 0 Å². The van der Waals surface area contributed by atoms with Gasteiger partial charge in [0.15, 0.2) is 5.76 Å².